The van der Waals surface area contributed by atoms with E-state index in [9.17, 15) is 9.59 Å². The van der Waals surface area contributed by atoms with Crippen LogP contribution in [0.1, 0.15) is 58.7 Å². The van der Waals surface area contributed by atoms with E-state index in [1.54, 1.807) is 54.6 Å². The molecule has 1 aliphatic rings. The van der Waals surface area contributed by atoms with Gasteiger partial charge >= 0.3 is 0 Å². The topological polar surface area (TPSA) is 93.5 Å². The molecule has 1 aliphatic carbocycles. The lowest BCUT2D eigenvalue weighted by molar-refractivity contribution is 0.0933. The Labute approximate surface area is 197 Å². The molecule has 2 amide bonds. The Bertz CT molecular complexity index is 1090. The summed E-state index contributed by atoms with van der Waals surface area (Å²) in [6, 6.07) is 15.3. The van der Waals surface area contributed by atoms with Crippen molar-refractivity contribution in [1.82, 2.24) is 10.5 Å². The summed E-state index contributed by atoms with van der Waals surface area (Å²) in [5.74, 6) is 1.12. The molecule has 0 atom stereocenters. The lowest BCUT2D eigenvalue weighted by Crippen LogP contribution is -2.30. The molecular weight excluding hydrogens is 442 g/mol. The lowest BCUT2D eigenvalue weighted by Gasteiger charge is -2.21. The SMILES string of the molecule is O=C(Nc1ccc(OCc2cc(C(=O)NCC3CCCCC3)no2)cc1)c1cccc(Cl)c1. The molecule has 1 saturated carbocycles. The van der Waals surface area contributed by atoms with E-state index < -0.39 is 0 Å². The Morgan fingerprint density at radius 2 is 1.82 bits per heavy atom. The number of benzene rings is 2. The second kappa shape index (κ2) is 11.0. The summed E-state index contributed by atoms with van der Waals surface area (Å²) in [5.41, 5.74) is 1.36. The van der Waals surface area contributed by atoms with E-state index in [4.69, 9.17) is 20.9 Å². The van der Waals surface area contributed by atoms with Gasteiger partial charge in [-0.25, -0.2) is 0 Å². The van der Waals surface area contributed by atoms with Gasteiger partial charge in [-0.05, 0) is 61.2 Å². The predicted molar refractivity (Wildman–Crippen MR) is 126 cm³/mol. The van der Waals surface area contributed by atoms with Crippen molar-refractivity contribution in [2.45, 2.75) is 38.7 Å². The number of rotatable bonds is 8. The molecule has 0 unspecified atom stereocenters. The highest BCUT2D eigenvalue weighted by molar-refractivity contribution is 6.31. The van der Waals surface area contributed by atoms with E-state index in [-0.39, 0.29) is 24.1 Å². The third kappa shape index (κ3) is 6.58. The molecule has 2 N–H and O–H groups in total. The molecule has 33 heavy (non-hydrogen) atoms. The quantitative estimate of drug-likeness (QED) is 0.458. The molecule has 0 aliphatic heterocycles. The highest BCUT2D eigenvalue weighted by atomic mass is 35.5. The summed E-state index contributed by atoms with van der Waals surface area (Å²) in [4.78, 5) is 24.6. The summed E-state index contributed by atoms with van der Waals surface area (Å²) in [6.07, 6.45) is 6.10. The van der Waals surface area contributed by atoms with Crippen LogP contribution in [0.25, 0.3) is 0 Å². The smallest absolute Gasteiger partial charge is 0.273 e. The Kier molecular flexibility index (Phi) is 7.62. The molecular formula is C25H26ClN3O4. The minimum absolute atomic E-state index is 0.136. The van der Waals surface area contributed by atoms with Crippen molar-refractivity contribution in [1.29, 1.82) is 0 Å². The fourth-order valence-electron chi connectivity index (χ4n) is 3.83. The number of carbonyl (C=O) groups is 2. The zero-order chi connectivity index (χ0) is 23.0. The first-order valence-electron chi connectivity index (χ1n) is 11.1. The number of hydrogen-bond acceptors (Lipinski definition) is 5. The number of aromatic nitrogens is 1. The molecule has 0 bridgehead atoms. The van der Waals surface area contributed by atoms with Gasteiger partial charge in [0, 0.05) is 28.9 Å². The van der Waals surface area contributed by atoms with Gasteiger partial charge in [0.25, 0.3) is 11.8 Å². The van der Waals surface area contributed by atoms with Crippen molar-refractivity contribution in [3.05, 3.63) is 76.6 Å². The van der Waals surface area contributed by atoms with Crippen molar-refractivity contribution < 1.29 is 18.8 Å². The molecule has 0 radical (unpaired) electrons. The zero-order valence-electron chi connectivity index (χ0n) is 18.2. The minimum Gasteiger partial charge on any atom is -0.486 e. The zero-order valence-corrected chi connectivity index (χ0v) is 18.9. The fraction of sp³-hybridized carbons (Fsp3) is 0.320. The average molecular weight is 468 g/mol. The van der Waals surface area contributed by atoms with Crippen molar-refractivity contribution >= 4 is 29.1 Å². The van der Waals surface area contributed by atoms with Crippen LogP contribution in [-0.4, -0.2) is 23.5 Å². The van der Waals surface area contributed by atoms with Gasteiger partial charge in [0.05, 0.1) is 0 Å². The number of nitrogens with one attached hydrogen (secondary N) is 2. The minimum atomic E-state index is -0.248. The molecule has 172 valence electrons. The monoisotopic (exact) mass is 467 g/mol. The molecule has 4 rings (SSSR count). The van der Waals surface area contributed by atoms with Crippen LogP contribution in [0, 0.1) is 5.92 Å². The van der Waals surface area contributed by atoms with Crippen LogP contribution in [0.5, 0.6) is 5.75 Å². The second-order valence-electron chi connectivity index (χ2n) is 8.17. The highest BCUT2D eigenvalue weighted by Crippen LogP contribution is 2.23. The van der Waals surface area contributed by atoms with E-state index in [0.29, 0.717) is 40.2 Å². The van der Waals surface area contributed by atoms with Gasteiger partial charge < -0.3 is 19.9 Å². The van der Waals surface area contributed by atoms with E-state index in [2.05, 4.69) is 15.8 Å². The first kappa shape index (κ1) is 22.9. The van der Waals surface area contributed by atoms with E-state index >= 15 is 0 Å². The van der Waals surface area contributed by atoms with Gasteiger partial charge in [-0.15, -0.1) is 0 Å². The Balaban J connectivity index is 1.24. The molecule has 3 aromatic rings. The van der Waals surface area contributed by atoms with E-state index in [1.165, 1.54) is 32.1 Å². The van der Waals surface area contributed by atoms with Crippen LogP contribution < -0.4 is 15.4 Å². The predicted octanol–water partition coefficient (Wildman–Crippen LogP) is 5.47. The van der Waals surface area contributed by atoms with Crippen molar-refractivity contribution in [2.24, 2.45) is 5.92 Å². The molecule has 2 aromatic carbocycles. The van der Waals surface area contributed by atoms with Crippen molar-refractivity contribution in [2.75, 3.05) is 11.9 Å². The number of anilines is 1. The maximum atomic E-state index is 12.3. The van der Waals surface area contributed by atoms with Gasteiger partial charge in [-0.1, -0.05) is 42.1 Å². The van der Waals surface area contributed by atoms with Gasteiger partial charge in [0.1, 0.15) is 12.4 Å². The van der Waals surface area contributed by atoms with Crippen LogP contribution in [0.15, 0.2) is 59.1 Å². The summed E-state index contributed by atoms with van der Waals surface area (Å²) in [6.45, 7) is 0.814. The van der Waals surface area contributed by atoms with Crippen LogP contribution in [0.4, 0.5) is 5.69 Å². The summed E-state index contributed by atoms with van der Waals surface area (Å²) < 4.78 is 10.9. The summed E-state index contributed by atoms with van der Waals surface area (Å²) in [5, 5.41) is 10.1. The maximum Gasteiger partial charge on any atom is 0.273 e. The third-order valence-corrected chi connectivity index (χ3v) is 5.88. The van der Waals surface area contributed by atoms with Gasteiger partial charge in [0.2, 0.25) is 0 Å². The number of ether oxygens (including phenoxy) is 1. The molecule has 1 heterocycles. The molecule has 1 fully saturated rings. The number of halogens is 1. The third-order valence-electron chi connectivity index (χ3n) is 5.65. The lowest BCUT2D eigenvalue weighted by atomic mass is 9.89. The highest BCUT2D eigenvalue weighted by Gasteiger charge is 2.17. The van der Waals surface area contributed by atoms with Gasteiger partial charge in [-0.2, -0.15) is 0 Å². The fourth-order valence-corrected chi connectivity index (χ4v) is 4.02. The van der Waals surface area contributed by atoms with E-state index in [1.807, 2.05) is 0 Å². The molecule has 1 aromatic heterocycles. The average Bonchev–Trinajstić information content (AvgIpc) is 3.32. The molecule has 7 nitrogen and oxygen atoms in total. The number of nitrogens with zero attached hydrogens (tertiary/aromatic N) is 1. The Hall–Kier alpha value is -3.32. The van der Waals surface area contributed by atoms with Crippen LogP contribution >= 0.6 is 11.6 Å². The van der Waals surface area contributed by atoms with Crippen molar-refractivity contribution in [3.8, 4) is 5.75 Å². The van der Waals surface area contributed by atoms with Crippen LogP contribution in [-0.2, 0) is 6.61 Å². The largest absolute Gasteiger partial charge is 0.486 e. The first-order chi connectivity index (χ1) is 16.1. The Morgan fingerprint density at radius 1 is 1.03 bits per heavy atom. The van der Waals surface area contributed by atoms with Crippen molar-refractivity contribution in [3.63, 3.8) is 0 Å². The van der Waals surface area contributed by atoms with Gasteiger partial charge in [0.15, 0.2) is 11.5 Å². The summed E-state index contributed by atoms with van der Waals surface area (Å²) in [7, 11) is 0. The molecule has 0 saturated heterocycles. The number of carbonyl (C=O) groups excluding carboxylic acids is 2. The van der Waals surface area contributed by atoms with Gasteiger partial charge in [-0.3, -0.25) is 9.59 Å². The molecule has 0 spiro atoms. The van der Waals surface area contributed by atoms with Crippen LogP contribution in [0.2, 0.25) is 5.02 Å². The standard InChI is InChI=1S/C25H26ClN3O4/c26-19-8-4-7-18(13-19)24(30)28-20-9-11-21(12-10-20)32-16-22-14-23(29-33-22)25(31)27-15-17-5-2-1-3-6-17/h4,7-14,17H,1-3,5-6,15-16H2,(H,27,31)(H,28,30). The first-order valence-corrected chi connectivity index (χ1v) is 11.5. The molecule has 8 heteroatoms. The maximum absolute atomic E-state index is 12.3. The number of hydrogen-bond donors (Lipinski definition) is 2. The van der Waals surface area contributed by atoms with Crippen LogP contribution in [0.3, 0.4) is 0 Å². The van der Waals surface area contributed by atoms with E-state index in [0.717, 1.165) is 0 Å². The number of amides is 2. The normalized spacial score (nSPS) is 14.0. The summed E-state index contributed by atoms with van der Waals surface area (Å²) >= 11 is 5.93. The second-order valence-corrected chi connectivity index (χ2v) is 8.61. The Morgan fingerprint density at radius 3 is 2.58 bits per heavy atom.